The van der Waals surface area contributed by atoms with Gasteiger partial charge >= 0.3 is 0 Å². The molecule has 2 aromatic rings. The molecule has 0 N–H and O–H groups in total. The van der Waals surface area contributed by atoms with Gasteiger partial charge in [-0.2, -0.15) is 0 Å². The van der Waals surface area contributed by atoms with E-state index < -0.39 is 0 Å². The molecule has 8 heteroatoms. The van der Waals surface area contributed by atoms with Crippen molar-refractivity contribution in [1.82, 2.24) is 0 Å². The van der Waals surface area contributed by atoms with E-state index in [0.29, 0.717) is 27.1 Å². The van der Waals surface area contributed by atoms with E-state index >= 15 is 0 Å². The first-order chi connectivity index (χ1) is 13.1. The van der Waals surface area contributed by atoms with Gasteiger partial charge in [0.2, 0.25) is 5.75 Å². The molecule has 0 unspecified atom stereocenters. The Kier molecular flexibility index (Phi) is 6.60. The van der Waals surface area contributed by atoms with Gasteiger partial charge in [0.25, 0.3) is 0 Å². The maximum Gasteiger partial charge on any atom is 0.203 e. The second-order valence-electron chi connectivity index (χ2n) is 5.86. The Bertz CT molecular complexity index is 780. The van der Waals surface area contributed by atoms with Gasteiger partial charge in [0, 0.05) is 16.6 Å². The zero-order valence-electron chi connectivity index (χ0n) is 16.3. The van der Waals surface area contributed by atoms with Crippen LogP contribution in [0.3, 0.4) is 0 Å². The molecule has 0 aliphatic carbocycles. The van der Waals surface area contributed by atoms with E-state index in [1.54, 1.807) is 46.9 Å². The van der Waals surface area contributed by atoms with Crippen molar-refractivity contribution >= 4 is 34.9 Å². The standard InChI is InChI=1S/C19H24O5S3/c1-10-15(22-4)17(27-18(10)24-6)19-25-9-14(26-19)11-7-12(20-2)16(23-5)13(8-11)21-3/h7-8,14,19H,9H2,1-6H3/t14-,19+/m0/s1. The SMILES string of the molecule is COc1cc([C@@H]2CS[C@@H](c3sc(OC)c(C)c3OC)S2)cc(OC)c1OC. The summed E-state index contributed by atoms with van der Waals surface area (Å²) in [5, 5.41) is 1.24. The van der Waals surface area contributed by atoms with E-state index in [9.17, 15) is 0 Å². The van der Waals surface area contributed by atoms with Crippen LogP contribution in [0.2, 0.25) is 0 Å². The van der Waals surface area contributed by atoms with Crippen LogP contribution in [0.1, 0.15) is 25.8 Å². The fourth-order valence-corrected chi connectivity index (χ4v) is 7.84. The van der Waals surface area contributed by atoms with Crippen LogP contribution < -0.4 is 23.7 Å². The highest BCUT2D eigenvalue weighted by Gasteiger charge is 2.34. The van der Waals surface area contributed by atoms with Crippen LogP contribution in [0.15, 0.2) is 12.1 Å². The van der Waals surface area contributed by atoms with Crippen LogP contribution in [0.5, 0.6) is 28.1 Å². The van der Waals surface area contributed by atoms with Crippen LogP contribution in [0, 0.1) is 6.92 Å². The summed E-state index contributed by atoms with van der Waals surface area (Å²) in [4.78, 5) is 1.22. The molecule has 0 bridgehead atoms. The molecule has 0 amide bonds. The molecule has 0 radical (unpaired) electrons. The molecule has 5 nitrogen and oxygen atoms in total. The Hall–Kier alpha value is -1.38. The fourth-order valence-electron chi connectivity index (χ4n) is 3.11. The minimum atomic E-state index is 0.302. The largest absolute Gasteiger partial charge is 0.495 e. The molecule has 1 aromatic heterocycles. The van der Waals surface area contributed by atoms with Gasteiger partial charge in [-0.05, 0) is 24.6 Å². The highest BCUT2D eigenvalue weighted by Crippen LogP contribution is 2.61. The summed E-state index contributed by atoms with van der Waals surface area (Å²) in [7, 11) is 8.33. The fraction of sp³-hybridized carbons (Fsp3) is 0.474. The predicted molar refractivity (Wildman–Crippen MR) is 114 cm³/mol. The van der Waals surface area contributed by atoms with Crippen LogP contribution in [0.25, 0.3) is 0 Å². The molecule has 2 heterocycles. The van der Waals surface area contributed by atoms with Crippen molar-refractivity contribution in [3.05, 3.63) is 28.1 Å². The number of methoxy groups -OCH3 is 5. The molecule has 1 fully saturated rings. The van der Waals surface area contributed by atoms with Gasteiger partial charge in [-0.1, -0.05) is 11.3 Å². The Labute approximate surface area is 172 Å². The number of thioether (sulfide) groups is 2. The summed E-state index contributed by atoms with van der Waals surface area (Å²) in [6.07, 6.45) is 0. The molecule has 2 atom stereocenters. The van der Waals surface area contributed by atoms with Crippen LogP contribution in [-0.2, 0) is 0 Å². The molecular weight excluding hydrogens is 404 g/mol. The number of thiophene rings is 1. The number of hydrogen-bond donors (Lipinski definition) is 0. The van der Waals surface area contributed by atoms with Gasteiger partial charge in [-0.15, -0.1) is 23.5 Å². The third kappa shape index (κ3) is 3.79. The minimum absolute atomic E-state index is 0.302. The third-order valence-electron chi connectivity index (χ3n) is 4.42. The average Bonchev–Trinajstić information content (AvgIpc) is 3.30. The number of benzene rings is 1. The molecule has 27 heavy (non-hydrogen) atoms. The molecule has 1 aromatic carbocycles. The molecule has 1 aliphatic heterocycles. The molecule has 148 valence electrons. The smallest absolute Gasteiger partial charge is 0.203 e. The zero-order valence-corrected chi connectivity index (χ0v) is 18.7. The van der Waals surface area contributed by atoms with Crippen molar-refractivity contribution in [2.75, 3.05) is 41.3 Å². The first kappa shape index (κ1) is 20.4. The zero-order chi connectivity index (χ0) is 19.6. The Balaban J connectivity index is 1.89. The van der Waals surface area contributed by atoms with E-state index in [1.807, 2.05) is 42.6 Å². The van der Waals surface area contributed by atoms with Crippen molar-refractivity contribution in [1.29, 1.82) is 0 Å². The lowest BCUT2D eigenvalue weighted by molar-refractivity contribution is 0.324. The predicted octanol–water partition coefficient (Wildman–Crippen LogP) is 5.32. The molecule has 1 saturated heterocycles. The first-order valence-electron chi connectivity index (χ1n) is 8.36. The second kappa shape index (κ2) is 8.75. The monoisotopic (exact) mass is 428 g/mol. The third-order valence-corrected chi connectivity index (χ3v) is 9.29. The van der Waals surface area contributed by atoms with Crippen molar-refractivity contribution in [3.63, 3.8) is 0 Å². The van der Waals surface area contributed by atoms with E-state index in [2.05, 4.69) is 0 Å². The summed E-state index contributed by atoms with van der Waals surface area (Å²) in [6.45, 7) is 2.04. The van der Waals surface area contributed by atoms with E-state index in [0.717, 1.165) is 22.1 Å². The average molecular weight is 429 g/mol. The Morgan fingerprint density at radius 3 is 2.00 bits per heavy atom. The second-order valence-corrected chi connectivity index (χ2v) is 9.63. The lowest BCUT2D eigenvalue weighted by Crippen LogP contribution is -1.99. The lowest BCUT2D eigenvalue weighted by Gasteiger charge is -2.17. The number of rotatable bonds is 7. The van der Waals surface area contributed by atoms with Gasteiger partial charge in [0.05, 0.1) is 45.0 Å². The summed E-state index contributed by atoms with van der Waals surface area (Å²) in [5.74, 6) is 3.93. The lowest BCUT2D eigenvalue weighted by atomic mass is 10.1. The van der Waals surface area contributed by atoms with Crippen molar-refractivity contribution in [2.45, 2.75) is 16.8 Å². The van der Waals surface area contributed by atoms with Gasteiger partial charge in [-0.25, -0.2) is 0 Å². The minimum Gasteiger partial charge on any atom is -0.495 e. The van der Waals surface area contributed by atoms with E-state index in [1.165, 1.54) is 10.4 Å². The van der Waals surface area contributed by atoms with E-state index in [4.69, 9.17) is 23.7 Å². The summed E-state index contributed by atoms with van der Waals surface area (Å²) in [5.41, 5.74) is 2.24. The topological polar surface area (TPSA) is 46.2 Å². The number of hydrogen-bond acceptors (Lipinski definition) is 8. The van der Waals surface area contributed by atoms with Gasteiger partial charge < -0.3 is 23.7 Å². The summed E-state index contributed by atoms with van der Waals surface area (Å²) < 4.78 is 27.9. The normalized spacial score (nSPS) is 19.0. The Morgan fingerprint density at radius 2 is 1.48 bits per heavy atom. The van der Waals surface area contributed by atoms with Crippen molar-refractivity contribution < 1.29 is 23.7 Å². The van der Waals surface area contributed by atoms with Gasteiger partial charge in [-0.3, -0.25) is 0 Å². The van der Waals surface area contributed by atoms with Crippen molar-refractivity contribution in [3.8, 4) is 28.1 Å². The summed E-state index contributed by atoms with van der Waals surface area (Å²) in [6, 6.07) is 4.08. The van der Waals surface area contributed by atoms with Gasteiger partial charge in [0.15, 0.2) is 16.6 Å². The Morgan fingerprint density at radius 1 is 0.852 bits per heavy atom. The molecule has 0 spiro atoms. The van der Waals surface area contributed by atoms with Gasteiger partial charge in [0.1, 0.15) is 5.75 Å². The highest BCUT2D eigenvalue weighted by molar-refractivity contribution is 8.19. The van der Waals surface area contributed by atoms with Crippen LogP contribution >= 0.6 is 34.9 Å². The quantitative estimate of drug-likeness (QED) is 0.591. The molecule has 1 aliphatic rings. The van der Waals surface area contributed by atoms with Crippen LogP contribution in [-0.4, -0.2) is 41.3 Å². The number of ether oxygens (including phenoxy) is 5. The van der Waals surface area contributed by atoms with Crippen molar-refractivity contribution in [2.24, 2.45) is 0 Å². The maximum absolute atomic E-state index is 5.66. The maximum atomic E-state index is 5.66. The molecule has 3 rings (SSSR count). The molecule has 0 saturated carbocycles. The molecular formula is C19H24O5S3. The van der Waals surface area contributed by atoms with E-state index in [-0.39, 0.29) is 0 Å². The first-order valence-corrected chi connectivity index (χ1v) is 11.2. The van der Waals surface area contributed by atoms with Crippen LogP contribution in [0.4, 0.5) is 0 Å². The highest BCUT2D eigenvalue weighted by atomic mass is 32.2. The summed E-state index contributed by atoms with van der Waals surface area (Å²) >= 11 is 5.51.